The first-order chi connectivity index (χ1) is 66.0. The van der Waals surface area contributed by atoms with Crippen molar-refractivity contribution in [3.63, 3.8) is 0 Å². The number of alkyl carbamates (subject to hydrolysis) is 2. The van der Waals surface area contributed by atoms with E-state index in [0.717, 1.165) is 41.3 Å². The number of phenols is 4. The highest BCUT2D eigenvalue weighted by molar-refractivity contribution is 6.25. The van der Waals surface area contributed by atoms with Gasteiger partial charge in [-0.3, -0.25) is 58.0 Å². The van der Waals surface area contributed by atoms with Gasteiger partial charge >= 0.3 is 36.1 Å². The first-order valence-electron chi connectivity index (χ1n) is 41.0. The second-order valence-corrected chi connectivity index (χ2v) is 29.6. The Labute approximate surface area is 777 Å². The number of nitrogens with one attached hydrogen (secondary N) is 2. The van der Waals surface area contributed by atoms with Gasteiger partial charge in [-0.2, -0.15) is 0 Å². The zero-order valence-corrected chi connectivity index (χ0v) is 74.4. The number of carbonyl (C=O) groups is 14. The van der Waals surface area contributed by atoms with Crippen molar-refractivity contribution in [1.82, 2.24) is 90.2 Å². The summed E-state index contributed by atoms with van der Waals surface area (Å²) < 4.78 is 62.1. The van der Waals surface area contributed by atoms with E-state index in [1.165, 1.54) is 168 Å². The van der Waals surface area contributed by atoms with Crippen LogP contribution in [0.5, 0.6) is 57.5 Å². The number of benzene rings is 8. The molecule has 712 valence electrons. The van der Waals surface area contributed by atoms with Crippen LogP contribution in [-0.2, 0) is 47.6 Å². The number of rotatable bonds is 32. The molecule has 0 bridgehead atoms. The summed E-state index contributed by atoms with van der Waals surface area (Å²) in [6.07, 6.45) is 0.653. The van der Waals surface area contributed by atoms with Crippen LogP contribution in [0.2, 0.25) is 0 Å². The number of carbonyl (C=O) groups excluding carboxylic acids is 14. The van der Waals surface area contributed by atoms with Crippen molar-refractivity contribution in [1.29, 1.82) is 0 Å². The van der Waals surface area contributed by atoms with Crippen molar-refractivity contribution in [2.75, 3.05) is 122 Å². The van der Waals surface area contributed by atoms with Crippen LogP contribution in [-0.4, -0.2) is 305 Å². The zero-order chi connectivity index (χ0) is 99.4. The molecule has 48 nitrogen and oxygen atoms in total. The number of fused-ring (bicyclic) bond motifs is 8. The lowest BCUT2D eigenvalue weighted by Crippen LogP contribution is -2.29. The number of amides is 10. The van der Waals surface area contributed by atoms with Crippen LogP contribution in [0, 0.1) is 0 Å². The molecule has 10 amide bonds. The van der Waals surface area contributed by atoms with E-state index in [-0.39, 0.29) is 192 Å². The van der Waals surface area contributed by atoms with Gasteiger partial charge in [0.05, 0.1) is 71.8 Å². The number of hydrogen-bond donors (Lipinski definition) is 6. The molecule has 4 aliphatic rings. The van der Waals surface area contributed by atoms with Gasteiger partial charge in [0.1, 0.15) is 167 Å². The highest BCUT2D eigenvalue weighted by Gasteiger charge is 2.39. The standard InChI is InChI=1S/C24H23N5O8.C23H21N5O8.C22H20N4O7.C21H18N4O7/c1-13(2)23(33)36-7-6-25-24(34)37-9-8-35-14-4-5-20(30)19(10-14)29-26-17-11-15-16(12-18(17)27-29)22(32)28(3)21(15)31;1-3-20(30)35-7-6-24-23(33)36-9-8-34-13-4-5-19(29)18(10-13)28-25-16-11-14-15(12-17(16)26-28)22(32)27(2)21(14)31;1-11(2)22(30)33-6-5-32-12-7-17(19(27)18(8-12)31-4)26-23-15-9-13-14(10-16(15)24-26)21(29)25(3)20(13)28;1-4-18(26)32-6-5-31-11-7-16(19(27)17(8-11)30-3)25-22-14-9-12-13(10-15(14)23-25)21(29)24(2)20(12)28/h4-5,10-12,30H,1,6-9H2,2-3H3,(H,25,34);3-5,10-12,29H,1,6-9H2,2H3,(H,24,33);7-10,27H,1,5-6H2,2-4H3;4,7-10,27H,1,5-6H2,2-3H3. The first kappa shape index (κ1) is 96.8. The molecule has 0 atom stereocenters. The summed E-state index contributed by atoms with van der Waals surface area (Å²) >= 11 is 0. The van der Waals surface area contributed by atoms with Gasteiger partial charge < -0.3 is 87.9 Å². The van der Waals surface area contributed by atoms with Crippen molar-refractivity contribution in [2.45, 2.75) is 13.8 Å². The largest absolute Gasteiger partial charge is 0.506 e. The lowest BCUT2D eigenvalue weighted by Gasteiger charge is -2.12. The Hall–Kier alpha value is -18.7. The summed E-state index contributed by atoms with van der Waals surface area (Å²) in [5.41, 5.74) is 6.09. The average Bonchev–Trinajstić information content (AvgIpc) is 1.63. The molecule has 0 radical (unpaired) electrons. The SMILES string of the molecule is C=C(C)C(=O)OCCNC(=O)OCCOc1ccc(O)c(-n2nc3cc4c(cc3n2)C(=O)N(C)C4=O)c1.C=C(C)C(=O)OCCOc1cc(OC)c(O)c(-n2nc3cc4c(cc3n2)C(=O)N(C)C4=O)c1.C=CC(=O)OCCNC(=O)OCCOc1ccc(O)c(-n2nc3cc4c(cc3n2)C(=O)N(C)C4=O)c1.C=CC(=O)OCCOc1cc(OC)c(O)c(-n2nc3cc4c(cc3n2)C(=O)N(C)C4=O)c1. The third-order valence-electron chi connectivity index (χ3n) is 20.2. The normalized spacial score (nSPS) is 12.6. The van der Waals surface area contributed by atoms with Gasteiger partial charge in [0.2, 0.25) is 0 Å². The molecule has 8 heterocycles. The predicted octanol–water partition coefficient (Wildman–Crippen LogP) is 6.09. The molecule has 0 spiro atoms. The molecule has 6 N–H and O–H groups in total. The van der Waals surface area contributed by atoms with Gasteiger partial charge in [-0.1, -0.05) is 26.3 Å². The van der Waals surface area contributed by atoms with Gasteiger partial charge in [-0.25, -0.2) is 28.8 Å². The Morgan fingerprint density at radius 3 is 0.841 bits per heavy atom. The summed E-state index contributed by atoms with van der Waals surface area (Å²) in [7, 11) is 8.38. The van der Waals surface area contributed by atoms with Crippen LogP contribution in [0.4, 0.5) is 9.59 Å². The summed E-state index contributed by atoms with van der Waals surface area (Å²) in [4.78, 5) is 175. The number of aromatic hydroxyl groups is 4. The minimum atomic E-state index is -0.706. The molecule has 48 heteroatoms. The van der Waals surface area contributed by atoms with Gasteiger partial charge in [-0.15, -0.1) is 60.0 Å². The third-order valence-corrected chi connectivity index (χ3v) is 20.2. The molecule has 0 unspecified atom stereocenters. The molecule has 0 saturated carbocycles. The van der Waals surface area contributed by atoms with Crippen LogP contribution >= 0.6 is 0 Å². The maximum absolute atomic E-state index is 12.3. The minimum Gasteiger partial charge on any atom is -0.506 e. The Morgan fingerprint density at radius 1 is 0.326 bits per heavy atom. The summed E-state index contributed by atoms with van der Waals surface area (Å²) in [6.45, 7) is 16.7. The zero-order valence-electron chi connectivity index (χ0n) is 74.4. The fraction of sp³-hybridized carbons (Fsp3) is 0.222. The highest BCUT2D eigenvalue weighted by atomic mass is 16.6. The quantitative estimate of drug-likeness (QED) is 0.00913. The third kappa shape index (κ3) is 21.2. The van der Waals surface area contributed by atoms with E-state index in [1.54, 1.807) is 6.92 Å². The van der Waals surface area contributed by atoms with E-state index in [4.69, 9.17) is 56.8 Å². The molecule has 8 aromatic carbocycles. The number of imide groups is 4. The maximum Gasteiger partial charge on any atom is 0.407 e. The van der Waals surface area contributed by atoms with E-state index in [1.807, 2.05) is 0 Å². The van der Waals surface area contributed by atoms with Gasteiger partial charge in [-0.05, 0) is 86.6 Å². The van der Waals surface area contributed by atoms with E-state index in [9.17, 15) is 87.5 Å². The van der Waals surface area contributed by atoms with Gasteiger partial charge in [0, 0.05) is 87.9 Å². The topological polar surface area (TPSA) is 591 Å². The number of nitrogens with zero attached hydrogens (tertiary/aromatic N) is 16. The van der Waals surface area contributed by atoms with Gasteiger partial charge in [0.15, 0.2) is 23.0 Å². The lowest BCUT2D eigenvalue weighted by molar-refractivity contribution is -0.140. The lowest BCUT2D eigenvalue weighted by atomic mass is 10.1. The Kier molecular flexibility index (Phi) is 29.3. The summed E-state index contributed by atoms with van der Waals surface area (Å²) in [5, 5.41) is 81.2. The van der Waals surface area contributed by atoms with Crippen molar-refractivity contribution in [3.05, 3.63) is 203 Å². The molecule has 16 rings (SSSR count). The molecule has 4 aliphatic heterocycles. The summed E-state index contributed by atoms with van der Waals surface area (Å²) in [6, 6.07) is 26.6. The molecule has 138 heavy (non-hydrogen) atoms. The fourth-order valence-electron chi connectivity index (χ4n) is 13.2. The number of esters is 4. The van der Waals surface area contributed by atoms with Gasteiger partial charge in [0.25, 0.3) is 47.3 Å². The van der Waals surface area contributed by atoms with Crippen LogP contribution < -0.4 is 39.1 Å². The number of aromatic nitrogens is 12. The molecule has 0 saturated heterocycles. The number of phenolic OH excluding ortho intramolecular Hbond substituents is 4. The first-order valence-corrected chi connectivity index (χ1v) is 41.0. The Bertz CT molecular complexity index is 6860. The molecule has 0 fully saturated rings. The van der Waals surface area contributed by atoms with Crippen molar-refractivity contribution in [3.8, 4) is 80.2 Å². The smallest absolute Gasteiger partial charge is 0.407 e. The van der Waals surface area contributed by atoms with E-state index in [0.29, 0.717) is 67.1 Å². The summed E-state index contributed by atoms with van der Waals surface area (Å²) in [5.74, 6) is -4.79. The van der Waals surface area contributed by atoms with Crippen molar-refractivity contribution >= 4 is 127 Å². The molecule has 12 aromatic rings. The molecule has 4 aromatic heterocycles. The number of ether oxygens (including phenoxy) is 12. The van der Waals surface area contributed by atoms with Crippen molar-refractivity contribution < 1.29 is 144 Å². The second kappa shape index (κ2) is 41.8. The van der Waals surface area contributed by atoms with Crippen LogP contribution in [0.1, 0.15) is 96.7 Å². The number of methoxy groups -OCH3 is 2. The minimum absolute atomic E-state index is 0.00379. The highest BCUT2D eigenvalue weighted by Crippen LogP contribution is 2.41. The van der Waals surface area contributed by atoms with Crippen LogP contribution in [0.15, 0.2) is 159 Å². The molecule has 0 aliphatic carbocycles. The predicted molar refractivity (Wildman–Crippen MR) is 475 cm³/mol. The average molecular weight is 1900 g/mol. The maximum atomic E-state index is 12.3. The monoisotopic (exact) mass is 1890 g/mol. The van der Waals surface area contributed by atoms with Crippen LogP contribution in [0.25, 0.3) is 66.9 Å². The number of hydrogen-bond acceptors (Lipinski definition) is 38. The Balaban J connectivity index is 0.000000156. The second-order valence-electron chi connectivity index (χ2n) is 29.6. The molecular weight excluding hydrogens is 1810 g/mol. The fourth-order valence-corrected chi connectivity index (χ4v) is 13.2. The Morgan fingerprint density at radius 2 is 0.565 bits per heavy atom. The van der Waals surface area contributed by atoms with E-state index in [2.05, 4.69) is 77.7 Å². The van der Waals surface area contributed by atoms with E-state index < -0.39 is 83.3 Å². The van der Waals surface area contributed by atoms with E-state index >= 15 is 0 Å². The molecular formula is C90H82N18O30. The van der Waals surface area contributed by atoms with Crippen molar-refractivity contribution in [2.24, 2.45) is 0 Å². The van der Waals surface area contributed by atoms with Crippen LogP contribution in [0.3, 0.4) is 0 Å².